The lowest BCUT2D eigenvalue weighted by Gasteiger charge is -2.38. The fourth-order valence-electron chi connectivity index (χ4n) is 3.12. The first-order valence-electron chi connectivity index (χ1n) is 6.83. The molecule has 116 valence electrons. The number of amides is 1. The summed E-state index contributed by atoms with van der Waals surface area (Å²) < 4.78 is 0. The van der Waals surface area contributed by atoms with Crippen LogP contribution in [-0.2, 0) is 0 Å². The molecule has 1 N–H and O–H groups in total. The van der Waals surface area contributed by atoms with Crippen LogP contribution in [0, 0.1) is 15.5 Å². The predicted molar refractivity (Wildman–Crippen MR) is 83.3 cm³/mol. The van der Waals surface area contributed by atoms with E-state index in [4.69, 9.17) is 0 Å². The van der Waals surface area contributed by atoms with Crippen molar-refractivity contribution in [3.8, 4) is 0 Å². The number of carbonyl (C=O) groups is 1. The van der Waals surface area contributed by atoms with E-state index in [1.807, 2.05) is 4.90 Å². The fourth-order valence-corrected chi connectivity index (χ4v) is 3.82. The van der Waals surface area contributed by atoms with E-state index >= 15 is 0 Å². The standard InChI is InChI=1S/C13H17N3O3S.ClH/c17-12(10-7-11(16(18)19)20-8-10)15-5-2-13(3-6-15)1-4-14-9-13;/h7-8,14H,1-6,9H2;1H. The molecule has 21 heavy (non-hydrogen) atoms. The molecule has 3 heterocycles. The predicted octanol–water partition coefficient (Wildman–Crippen LogP) is 2.29. The summed E-state index contributed by atoms with van der Waals surface area (Å²) in [5.41, 5.74) is 0.819. The number of likely N-dealkylation sites (tertiary alicyclic amines) is 1. The van der Waals surface area contributed by atoms with Gasteiger partial charge < -0.3 is 10.2 Å². The van der Waals surface area contributed by atoms with Crippen LogP contribution in [0.2, 0.25) is 0 Å². The van der Waals surface area contributed by atoms with Gasteiger partial charge in [-0.25, -0.2) is 0 Å². The Bertz CT molecular complexity index is 533. The lowest BCUT2D eigenvalue weighted by Crippen LogP contribution is -2.43. The number of halogens is 1. The third-order valence-corrected chi connectivity index (χ3v) is 5.34. The fraction of sp³-hybridized carbons (Fsp3) is 0.615. The third-order valence-electron chi connectivity index (χ3n) is 4.46. The number of hydrogen-bond donors (Lipinski definition) is 1. The first kappa shape index (κ1) is 16.2. The molecule has 0 saturated carbocycles. The Hall–Kier alpha value is -1.18. The molecule has 2 fully saturated rings. The average molecular weight is 332 g/mol. The first-order valence-corrected chi connectivity index (χ1v) is 7.71. The van der Waals surface area contributed by atoms with Gasteiger partial charge in [-0.2, -0.15) is 0 Å². The van der Waals surface area contributed by atoms with Gasteiger partial charge in [-0.15, -0.1) is 12.4 Å². The molecule has 0 aliphatic carbocycles. The highest BCUT2D eigenvalue weighted by atomic mass is 35.5. The number of nitrogens with one attached hydrogen (secondary N) is 1. The van der Waals surface area contributed by atoms with Crippen LogP contribution < -0.4 is 5.32 Å². The van der Waals surface area contributed by atoms with Crippen molar-refractivity contribution >= 4 is 34.7 Å². The van der Waals surface area contributed by atoms with Crippen LogP contribution in [0.1, 0.15) is 29.6 Å². The highest BCUT2D eigenvalue weighted by Gasteiger charge is 2.38. The van der Waals surface area contributed by atoms with Crippen molar-refractivity contribution < 1.29 is 9.72 Å². The van der Waals surface area contributed by atoms with Gasteiger partial charge in [0.2, 0.25) is 0 Å². The van der Waals surface area contributed by atoms with E-state index < -0.39 is 4.92 Å². The highest BCUT2D eigenvalue weighted by molar-refractivity contribution is 7.13. The van der Waals surface area contributed by atoms with Crippen LogP contribution in [-0.4, -0.2) is 41.9 Å². The Morgan fingerprint density at radius 2 is 2.10 bits per heavy atom. The lowest BCUT2D eigenvalue weighted by atomic mass is 9.78. The molecular formula is C13H18ClN3O3S. The van der Waals surface area contributed by atoms with Gasteiger partial charge in [-0.1, -0.05) is 11.3 Å². The lowest BCUT2D eigenvalue weighted by molar-refractivity contribution is -0.380. The normalized spacial score (nSPS) is 20.3. The smallest absolute Gasteiger partial charge is 0.324 e. The molecular weight excluding hydrogens is 314 g/mol. The number of carbonyl (C=O) groups excluding carboxylic acids is 1. The van der Waals surface area contributed by atoms with Crippen LogP contribution in [0.5, 0.6) is 0 Å². The SMILES string of the molecule is Cl.O=C(c1csc([N+](=O)[O-])c1)N1CCC2(CCNC2)CC1. The summed E-state index contributed by atoms with van der Waals surface area (Å²) >= 11 is 1.01. The summed E-state index contributed by atoms with van der Waals surface area (Å²) in [7, 11) is 0. The Morgan fingerprint density at radius 3 is 2.62 bits per heavy atom. The highest BCUT2D eigenvalue weighted by Crippen LogP contribution is 2.37. The number of piperidine rings is 1. The van der Waals surface area contributed by atoms with Gasteiger partial charge in [0.15, 0.2) is 0 Å². The van der Waals surface area contributed by atoms with Crippen LogP contribution in [0.15, 0.2) is 11.4 Å². The quantitative estimate of drug-likeness (QED) is 0.666. The van der Waals surface area contributed by atoms with Crippen molar-refractivity contribution in [2.45, 2.75) is 19.3 Å². The van der Waals surface area contributed by atoms with Gasteiger partial charge in [0.1, 0.15) is 0 Å². The number of nitro groups is 1. The summed E-state index contributed by atoms with van der Waals surface area (Å²) in [6, 6.07) is 1.38. The maximum atomic E-state index is 12.3. The molecule has 0 radical (unpaired) electrons. The number of nitrogens with zero attached hydrogens (tertiary/aromatic N) is 2. The minimum Gasteiger partial charge on any atom is -0.339 e. The zero-order valence-corrected chi connectivity index (χ0v) is 13.2. The second kappa shape index (κ2) is 6.29. The maximum absolute atomic E-state index is 12.3. The molecule has 0 unspecified atom stereocenters. The summed E-state index contributed by atoms with van der Waals surface area (Å²) in [6.45, 7) is 3.64. The molecule has 2 aliphatic heterocycles. The van der Waals surface area contributed by atoms with E-state index in [9.17, 15) is 14.9 Å². The van der Waals surface area contributed by atoms with E-state index in [1.54, 1.807) is 5.38 Å². The number of hydrogen-bond acceptors (Lipinski definition) is 5. The van der Waals surface area contributed by atoms with Crippen LogP contribution in [0.3, 0.4) is 0 Å². The second-order valence-electron chi connectivity index (χ2n) is 5.65. The topological polar surface area (TPSA) is 75.5 Å². The number of thiophene rings is 1. The molecule has 3 rings (SSSR count). The molecule has 1 aromatic heterocycles. The summed E-state index contributed by atoms with van der Waals surface area (Å²) in [5.74, 6) is -0.0739. The summed E-state index contributed by atoms with van der Waals surface area (Å²) in [4.78, 5) is 24.4. The molecule has 2 saturated heterocycles. The van der Waals surface area contributed by atoms with Crippen LogP contribution in [0.4, 0.5) is 5.00 Å². The van der Waals surface area contributed by atoms with Crippen molar-refractivity contribution in [1.82, 2.24) is 10.2 Å². The molecule has 6 nitrogen and oxygen atoms in total. The van der Waals surface area contributed by atoms with Gasteiger partial charge in [0, 0.05) is 31.1 Å². The van der Waals surface area contributed by atoms with Gasteiger partial charge in [-0.3, -0.25) is 14.9 Å². The molecule has 0 atom stereocenters. The minimum absolute atomic E-state index is 0. The maximum Gasteiger partial charge on any atom is 0.324 e. The third kappa shape index (κ3) is 3.20. The van der Waals surface area contributed by atoms with Crippen molar-refractivity contribution in [3.05, 3.63) is 27.1 Å². The molecule has 8 heteroatoms. The van der Waals surface area contributed by atoms with Crippen molar-refractivity contribution in [2.24, 2.45) is 5.41 Å². The second-order valence-corrected chi connectivity index (χ2v) is 6.54. The molecule has 0 bridgehead atoms. The molecule has 0 aromatic carbocycles. The van der Waals surface area contributed by atoms with Crippen LogP contribution in [0.25, 0.3) is 0 Å². The van der Waals surface area contributed by atoms with Crippen molar-refractivity contribution in [3.63, 3.8) is 0 Å². The molecule has 1 amide bonds. The van der Waals surface area contributed by atoms with Gasteiger partial charge in [-0.05, 0) is 31.2 Å². The average Bonchev–Trinajstić information content (AvgIpc) is 3.08. The van der Waals surface area contributed by atoms with Crippen molar-refractivity contribution in [2.75, 3.05) is 26.2 Å². The van der Waals surface area contributed by atoms with E-state index in [0.29, 0.717) is 11.0 Å². The minimum atomic E-state index is -0.448. The van der Waals surface area contributed by atoms with E-state index in [1.165, 1.54) is 12.5 Å². The van der Waals surface area contributed by atoms with Gasteiger partial charge >= 0.3 is 5.00 Å². The Morgan fingerprint density at radius 1 is 1.38 bits per heavy atom. The summed E-state index contributed by atoms with van der Waals surface area (Å²) in [5, 5.41) is 15.7. The Balaban J connectivity index is 0.00000161. The van der Waals surface area contributed by atoms with E-state index in [-0.39, 0.29) is 23.3 Å². The molecule has 1 spiro atoms. The Kier molecular flexibility index (Phi) is 4.85. The zero-order chi connectivity index (χ0) is 14.2. The first-order chi connectivity index (χ1) is 9.60. The van der Waals surface area contributed by atoms with Gasteiger partial charge in [0.25, 0.3) is 5.91 Å². The monoisotopic (exact) mass is 331 g/mol. The molecule has 1 aromatic rings. The van der Waals surface area contributed by atoms with E-state index in [2.05, 4.69) is 5.32 Å². The zero-order valence-electron chi connectivity index (χ0n) is 11.5. The molecule has 2 aliphatic rings. The van der Waals surface area contributed by atoms with Gasteiger partial charge in [0.05, 0.1) is 10.5 Å². The summed E-state index contributed by atoms with van der Waals surface area (Å²) in [6.07, 6.45) is 3.24. The van der Waals surface area contributed by atoms with E-state index in [0.717, 1.165) is 50.4 Å². The van der Waals surface area contributed by atoms with Crippen LogP contribution >= 0.6 is 23.7 Å². The number of rotatable bonds is 2. The Labute approximate surface area is 133 Å². The van der Waals surface area contributed by atoms with Crippen molar-refractivity contribution in [1.29, 1.82) is 0 Å². The largest absolute Gasteiger partial charge is 0.339 e.